The van der Waals surface area contributed by atoms with Gasteiger partial charge < -0.3 is 25.5 Å². The molecule has 0 saturated carbocycles. The van der Waals surface area contributed by atoms with Gasteiger partial charge in [-0.25, -0.2) is 9.78 Å². The Morgan fingerprint density at radius 3 is 2.83 bits per heavy atom. The third kappa shape index (κ3) is 5.35. The summed E-state index contributed by atoms with van der Waals surface area (Å²) in [6.07, 6.45) is 2.35. The third-order valence-corrected chi connectivity index (χ3v) is 4.74. The number of hydrogen-bond acceptors (Lipinski definition) is 7. The highest BCUT2D eigenvalue weighted by molar-refractivity contribution is 5.97. The molecule has 0 aliphatic carbocycles. The van der Waals surface area contributed by atoms with Crippen LogP contribution in [-0.2, 0) is 19.1 Å². The molecule has 2 amide bonds. The molecule has 0 spiro atoms. The number of imidazole rings is 1. The molecular formula is C20H25N5O5. The maximum atomic E-state index is 12.7. The second kappa shape index (κ2) is 9.40. The van der Waals surface area contributed by atoms with Gasteiger partial charge in [0, 0.05) is 24.4 Å². The molecular weight excluding hydrogens is 390 g/mol. The Bertz CT molecular complexity index is 941. The van der Waals surface area contributed by atoms with Crippen molar-refractivity contribution in [3.63, 3.8) is 0 Å². The van der Waals surface area contributed by atoms with Gasteiger partial charge in [0.05, 0.1) is 31.0 Å². The Hall–Kier alpha value is -3.40. The first kappa shape index (κ1) is 21.3. The minimum absolute atomic E-state index is 0.00786. The number of aromatic nitrogens is 2. The molecule has 10 heteroatoms. The molecule has 2 heterocycles. The molecule has 1 aliphatic rings. The van der Waals surface area contributed by atoms with E-state index in [1.165, 1.54) is 14.0 Å². The monoisotopic (exact) mass is 415 g/mol. The van der Waals surface area contributed by atoms with E-state index in [0.29, 0.717) is 47.7 Å². The summed E-state index contributed by atoms with van der Waals surface area (Å²) in [5, 5.41) is 5.40. The first-order chi connectivity index (χ1) is 14.4. The zero-order valence-electron chi connectivity index (χ0n) is 16.9. The molecule has 5 N–H and O–H groups in total. The van der Waals surface area contributed by atoms with Crippen molar-refractivity contribution in [1.82, 2.24) is 9.97 Å². The summed E-state index contributed by atoms with van der Waals surface area (Å²) >= 11 is 0. The molecule has 30 heavy (non-hydrogen) atoms. The van der Waals surface area contributed by atoms with Crippen LogP contribution in [0.5, 0.6) is 0 Å². The van der Waals surface area contributed by atoms with E-state index >= 15 is 0 Å². The number of anilines is 2. The topological polar surface area (TPSA) is 148 Å². The number of benzene rings is 1. The Labute approximate surface area is 173 Å². The number of ether oxygens (including phenoxy) is 2. The van der Waals surface area contributed by atoms with E-state index in [4.69, 9.17) is 10.5 Å². The average molecular weight is 415 g/mol. The number of carbonyl (C=O) groups is 3. The summed E-state index contributed by atoms with van der Waals surface area (Å²) in [5.41, 5.74) is 8.39. The van der Waals surface area contributed by atoms with Gasteiger partial charge in [-0.05, 0) is 37.5 Å². The van der Waals surface area contributed by atoms with Crippen molar-refractivity contribution in [3.8, 4) is 11.3 Å². The number of nitrogens with two attached hydrogens (primary N) is 1. The Morgan fingerprint density at radius 1 is 1.30 bits per heavy atom. The fourth-order valence-corrected chi connectivity index (χ4v) is 3.33. The fourth-order valence-electron chi connectivity index (χ4n) is 3.33. The summed E-state index contributed by atoms with van der Waals surface area (Å²) in [4.78, 5) is 43.3. The van der Waals surface area contributed by atoms with Gasteiger partial charge in [-0.3, -0.25) is 14.9 Å². The van der Waals surface area contributed by atoms with Crippen LogP contribution in [0.2, 0.25) is 0 Å². The highest BCUT2D eigenvalue weighted by Gasteiger charge is 2.21. The smallest absolute Gasteiger partial charge is 0.411 e. The van der Waals surface area contributed by atoms with E-state index < -0.39 is 18.2 Å². The van der Waals surface area contributed by atoms with Crippen molar-refractivity contribution in [1.29, 1.82) is 0 Å². The number of aromatic amines is 1. The summed E-state index contributed by atoms with van der Waals surface area (Å²) < 4.78 is 9.92. The molecule has 10 nitrogen and oxygen atoms in total. The molecule has 3 rings (SSSR count). The number of hydrogen-bond donors (Lipinski definition) is 4. The van der Waals surface area contributed by atoms with Crippen LogP contribution in [0.1, 0.15) is 44.5 Å². The van der Waals surface area contributed by atoms with Crippen LogP contribution in [0.25, 0.3) is 11.3 Å². The lowest BCUT2D eigenvalue weighted by Crippen LogP contribution is -2.25. The number of nitrogens with one attached hydrogen (secondary N) is 3. The molecule has 160 valence electrons. The highest BCUT2D eigenvalue weighted by atomic mass is 16.5. The zero-order valence-corrected chi connectivity index (χ0v) is 16.9. The molecule has 1 aromatic carbocycles. The summed E-state index contributed by atoms with van der Waals surface area (Å²) in [6, 6.07) is 4.70. The van der Waals surface area contributed by atoms with Crippen LogP contribution in [0.4, 0.5) is 16.2 Å². The highest BCUT2D eigenvalue weighted by Crippen LogP contribution is 2.31. The second-order valence-electron chi connectivity index (χ2n) is 7.07. The van der Waals surface area contributed by atoms with Gasteiger partial charge in [0.1, 0.15) is 11.9 Å². The first-order valence-electron chi connectivity index (χ1n) is 9.63. The number of methoxy groups -OCH3 is 1. The summed E-state index contributed by atoms with van der Waals surface area (Å²) in [6.45, 7) is 1.31. The van der Waals surface area contributed by atoms with E-state index in [-0.39, 0.29) is 18.4 Å². The van der Waals surface area contributed by atoms with Crippen LogP contribution in [-0.4, -0.2) is 41.2 Å². The molecule has 1 aliphatic heterocycles. The predicted molar refractivity (Wildman–Crippen MR) is 110 cm³/mol. The summed E-state index contributed by atoms with van der Waals surface area (Å²) in [7, 11) is 1.26. The molecule has 1 unspecified atom stereocenters. The molecule has 0 saturated heterocycles. The van der Waals surface area contributed by atoms with Crippen LogP contribution in [0.3, 0.4) is 0 Å². The molecule has 1 aromatic heterocycles. The largest absolute Gasteiger partial charge is 0.462 e. The van der Waals surface area contributed by atoms with Crippen molar-refractivity contribution >= 4 is 29.3 Å². The van der Waals surface area contributed by atoms with E-state index in [9.17, 15) is 14.4 Å². The quantitative estimate of drug-likeness (QED) is 0.551. The fraction of sp³-hybridized carbons (Fsp3) is 0.400. The lowest BCUT2D eigenvalue weighted by atomic mass is 10.0. The summed E-state index contributed by atoms with van der Waals surface area (Å²) in [5.74, 6) is -0.138. The Balaban J connectivity index is 1.97. The van der Waals surface area contributed by atoms with Crippen molar-refractivity contribution < 1.29 is 23.9 Å². The third-order valence-electron chi connectivity index (χ3n) is 4.74. The number of esters is 1. The number of nitrogens with zero attached hydrogens (tertiary/aromatic N) is 1. The van der Waals surface area contributed by atoms with Crippen LogP contribution >= 0.6 is 0 Å². The van der Waals surface area contributed by atoms with Crippen LogP contribution in [0, 0.1) is 0 Å². The molecule has 2 atom stereocenters. The number of fused-ring (bicyclic) bond motifs is 4. The number of carbonyl (C=O) groups excluding carboxylic acids is 3. The molecule has 0 radical (unpaired) electrons. The van der Waals surface area contributed by atoms with Gasteiger partial charge in [-0.15, -0.1) is 0 Å². The van der Waals surface area contributed by atoms with Crippen molar-refractivity contribution in [3.05, 3.63) is 30.2 Å². The normalized spacial score (nSPS) is 19.2. The van der Waals surface area contributed by atoms with Gasteiger partial charge in [0.15, 0.2) is 0 Å². The van der Waals surface area contributed by atoms with Gasteiger partial charge in [0.2, 0.25) is 5.91 Å². The SMILES string of the molecule is COC(=O)Nc1ccc2c(c1)NC(=O)CC(OC(C)=O)CCC[C@H](N)c1nc-2c[nH]1. The number of H-pyrrole nitrogens is 1. The maximum Gasteiger partial charge on any atom is 0.411 e. The molecule has 2 aromatic rings. The maximum absolute atomic E-state index is 12.7. The van der Waals surface area contributed by atoms with Gasteiger partial charge in [0.25, 0.3) is 0 Å². The molecule has 0 fully saturated rings. The van der Waals surface area contributed by atoms with Crippen LogP contribution in [0.15, 0.2) is 24.4 Å². The minimum atomic E-state index is -0.631. The van der Waals surface area contributed by atoms with Gasteiger partial charge in [-0.2, -0.15) is 0 Å². The standard InChI is InChI=1S/C20H25N5O5/c1-11(26)30-13-4-3-5-15(21)19-22-10-17(25-19)14-7-6-12(23-20(28)29-2)8-16(14)24-18(27)9-13/h6-8,10,13,15H,3-5,9,21H2,1-2H3,(H,22,25)(H,23,28)(H,24,27)/t13?,15-/m0/s1. The van der Waals surface area contributed by atoms with Gasteiger partial charge in [-0.1, -0.05) is 0 Å². The molecule has 2 bridgehead atoms. The Kier molecular flexibility index (Phi) is 6.68. The van der Waals surface area contributed by atoms with E-state index in [0.717, 1.165) is 0 Å². The lowest BCUT2D eigenvalue weighted by molar-refractivity contribution is -0.147. The number of amides is 2. The second-order valence-corrected chi connectivity index (χ2v) is 7.07. The predicted octanol–water partition coefficient (Wildman–Crippen LogP) is 2.70. The Morgan fingerprint density at radius 2 is 2.10 bits per heavy atom. The zero-order chi connectivity index (χ0) is 21.7. The number of rotatable bonds is 2. The van der Waals surface area contributed by atoms with E-state index in [1.54, 1.807) is 24.4 Å². The van der Waals surface area contributed by atoms with Crippen molar-refractivity contribution in [2.45, 2.75) is 44.8 Å². The van der Waals surface area contributed by atoms with Crippen molar-refractivity contribution in [2.75, 3.05) is 17.7 Å². The van der Waals surface area contributed by atoms with Crippen molar-refractivity contribution in [2.24, 2.45) is 5.73 Å². The first-order valence-corrected chi connectivity index (χ1v) is 9.63. The van der Waals surface area contributed by atoms with E-state index in [2.05, 4.69) is 25.3 Å². The lowest BCUT2D eigenvalue weighted by Gasteiger charge is -2.18. The minimum Gasteiger partial charge on any atom is -0.462 e. The van der Waals surface area contributed by atoms with Gasteiger partial charge >= 0.3 is 12.1 Å². The van der Waals surface area contributed by atoms with E-state index in [1.807, 2.05) is 0 Å². The average Bonchev–Trinajstić information content (AvgIpc) is 3.17. The van der Waals surface area contributed by atoms with Crippen LogP contribution < -0.4 is 16.4 Å².